The number of amides is 1. The molecule has 0 fully saturated rings. The second-order valence-corrected chi connectivity index (χ2v) is 4.61. The highest BCUT2D eigenvalue weighted by Gasteiger charge is 2.39. The van der Waals surface area contributed by atoms with Crippen LogP contribution in [0.15, 0.2) is 18.2 Å². The van der Waals surface area contributed by atoms with Crippen LogP contribution < -0.4 is 9.47 Å². The van der Waals surface area contributed by atoms with Crippen molar-refractivity contribution in [3.05, 3.63) is 23.8 Å². The number of carbonyl (C=O) groups excluding carboxylic acids is 1. The van der Waals surface area contributed by atoms with Crippen LogP contribution in [0.2, 0.25) is 0 Å². The lowest BCUT2D eigenvalue weighted by Gasteiger charge is -2.21. The molecule has 116 valence electrons. The summed E-state index contributed by atoms with van der Waals surface area (Å²) in [6.07, 6.45) is -7.77. The first kappa shape index (κ1) is 15.3. The van der Waals surface area contributed by atoms with Gasteiger partial charge in [-0.1, -0.05) is 6.07 Å². The van der Waals surface area contributed by atoms with E-state index in [1.165, 1.54) is 7.05 Å². The van der Waals surface area contributed by atoms with Gasteiger partial charge in [0.15, 0.2) is 17.6 Å². The molecular formula is C13H14F3NO4. The number of ether oxygens (including phenoxy) is 3. The molecule has 1 aromatic carbocycles. The zero-order valence-corrected chi connectivity index (χ0v) is 11.4. The Morgan fingerprint density at radius 1 is 1.38 bits per heavy atom. The van der Waals surface area contributed by atoms with Gasteiger partial charge in [0.2, 0.25) is 6.79 Å². The van der Waals surface area contributed by atoms with Gasteiger partial charge in [0.1, 0.15) is 0 Å². The Morgan fingerprint density at radius 3 is 2.71 bits per heavy atom. The molecule has 1 atom stereocenters. The predicted molar refractivity (Wildman–Crippen MR) is 66.0 cm³/mol. The fourth-order valence-electron chi connectivity index (χ4n) is 1.69. The number of nitrogens with zero attached hydrogens (tertiary/aromatic N) is 1. The third-order valence-corrected chi connectivity index (χ3v) is 2.91. The summed E-state index contributed by atoms with van der Waals surface area (Å²) in [6, 6.07) is 5.04. The van der Waals surface area contributed by atoms with Gasteiger partial charge in [-0.15, -0.1) is 0 Å². The summed E-state index contributed by atoms with van der Waals surface area (Å²) in [5, 5.41) is 0. The average molecular weight is 305 g/mol. The normalized spacial score (nSPS) is 14.7. The number of hydrogen-bond acceptors (Lipinski definition) is 4. The third-order valence-electron chi connectivity index (χ3n) is 2.91. The van der Waals surface area contributed by atoms with E-state index in [9.17, 15) is 18.0 Å². The second-order valence-electron chi connectivity index (χ2n) is 4.61. The van der Waals surface area contributed by atoms with E-state index in [0.717, 1.165) is 11.8 Å². The first-order valence-electron chi connectivity index (χ1n) is 6.14. The number of rotatable bonds is 3. The largest absolute Gasteiger partial charge is 0.454 e. The molecule has 1 aliphatic rings. The van der Waals surface area contributed by atoms with E-state index in [2.05, 4.69) is 4.74 Å². The Hall–Kier alpha value is -2.12. The summed E-state index contributed by atoms with van der Waals surface area (Å²) >= 11 is 0. The minimum atomic E-state index is -4.57. The Labute approximate surface area is 119 Å². The van der Waals surface area contributed by atoms with E-state index in [1.54, 1.807) is 18.2 Å². The van der Waals surface area contributed by atoms with Crippen molar-refractivity contribution in [2.24, 2.45) is 0 Å². The molecule has 1 heterocycles. The van der Waals surface area contributed by atoms with Crippen LogP contribution in [0.4, 0.5) is 18.0 Å². The van der Waals surface area contributed by atoms with Gasteiger partial charge in [-0.2, -0.15) is 13.2 Å². The number of hydrogen-bond donors (Lipinski definition) is 0. The molecule has 1 aromatic rings. The molecule has 1 amide bonds. The lowest BCUT2D eigenvalue weighted by atomic mass is 10.2. The molecule has 21 heavy (non-hydrogen) atoms. The summed E-state index contributed by atoms with van der Waals surface area (Å²) in [5.74, 6) is 1.13. The van der Waals surface area contributed by atoms with Crippen molar-refractivity contribution in [2.45, 2.75) is 25.7 Å². The van der Waals surface area contributed by atoms with Crippen molar-refractivity contribution in [1.29, 1.82) is 0 Å². The number of benzene rings is 1. The zero-order valence-electron chi connectivity index (χ0n) is 11.4. The Bertz CT molecular complexity index is 533. The maximum Gasteiger partial charge on any atom is 0.425 e. The number of alkyl halides is 3. The van der Waals surface area contributed by atoms with Gasteiger partial charge in [-0.25, -0.2) is 4.79 Å². The first-order chi connectivity index (χ1) is 9.77. The SMILES string of the molecule is CC(OC(=O)N(C)Cc1ccc2c(c1)OCO2)C(F)(F)F. The predicted octanol–water partition coefficient (Wildman–Crippen LogP) is 2.93. The minimum absolute atomic E-state index is 0.0973. The van der Waals surface area contributed by atoms with Gasteiger partial charge in [-0.05, 0) is 24.6 Å². The molecule has 5 nitrogen and oxygen atoms in total. The molecule has 0 bridgehead atoms. The molecule has 0 N–H and O–H groups in total. The van der Waals surface area contributed by atoms with E-state index < -0.39 is 18.4 Å². The Morgan fingerprint density at radius 2 is 2.05 bits per heavy atom. The molecular weight excluding hydrogens is 291 g/mol. The molecule has 0 radical (unpaired) electrons. The van der Waals surface area contributed by atoms with Gasteiger partial charge in [-0.3, -0.25) is 0 Å². The lowest BCUT2D eigenvalue weighted by molar-refractivity contribution is -0.199. The van der Waals surface area contributed by atoms with Crippen LogP contribution in [0.25, 0.3) is 0 Å². The van der Waals surface area contributed by atoms with Crippen LogP contribution >= 0.6 is 0 Å². The monoisotopic (exact) mass is 305 g/mol. The van der Waals surface area contributed by atoms with Gasteiger partial charge < -0.3 is 19.1 Å². The summed E-state index contributed by atoms with van der Waals surface area (Å²) in [5.41, 5.74) is 0.693. The quantitative estimate of drug-likeness (QED) is 0.861. The average Bonchev–Trinajstić information content (AvgIpc) is 2.84. The standard InChI is InChI=1S/C13H14F3NO4/c1-8(13(14,15)16)21-12(18)17(2)6-9-3-4-10-11(5-9)20-7-19-10/h3-5,8H,6-7H2,1-2H3. The van der Waals surface area contributed by atoms with Crippen LogP contribution in [0.3, 0.4) is 0 Å². The molecule has 1 aliphatic heterocycles. The van der Waals surface area contributed by atoms with Crippen LogP contribution in [0.5, 0.6) is 11.5 Å². The summed E-state index contributed by atoms with van der Waals surface area (Å²) in [4.78, 5) is 12.6. The molecule has 0 saturated carbocycles. The zero-order chi connectivity index (χ0) is 15.6. The second kappa shape index (κ2) is 5.71. The Balaban J connectivity index is 1.95. The Kier molecular flexibility index (Phi) is 4.15. The van der Waals surface area contributed by atoms with Crippen molar-refractivity contribution in [2.75, 3.05) is 13.8 Å². The van der Waals surface area contributed by atoms with Crippen LogP contribution in [0, 0.1) is 0 Å². The van der Waals surface area contributed by atoms with Gasteiger partial charge in [0.05, 0.1) is 0 Å². The smallest absolute Gasteiger partial charge is 0.425 e. The van der Waals surface area contributed by atoms with Crippen LogP contribution in [-0.4, -0.2) is 37.1 Å². The first-order valence-corrected chi connectivity index (χ1v) is 6.14. The highest BCUT2D eigenvalue weighted by molar-refractivity contribution is 5.67. The van der Waals surface area contributed by atoms with E-state index in [1.807, 2.05) is 0 Å². The third kappa shape index (κ3) is 3.71. The van der Waals surface area contributed by atoms with Gasteiger partial charge >= 0.3 is 12.3 Å². The van der Waals surface area contributed by atoms with Crippen molar-refractivity contribution >= 4 is 6.09 Å². The van der Waals surface area contributed by atoms with E-state index in [0.29, 0.717) is 17.1 Å². The van der Waals surface area contributed by atoms with E-state index >= 15 is 0 Å². The lowest BCUT2D eigenvalue weighted by Crippen LogP contribution is -2.36. The molecule has 8 heteroatoms. The van der Waals surface area contributed by atoms with Crippen molar-refractivity contribution in [3.63, 3.8) is 0 Å². The van der Waals surface area contributed by atoms with Gasteiger partial charge in [0, 0.05) is 13.6 Å². The molecule has 0 saturated heterocycles. The van der Waals surface area contributed by atoms with E-state index in [-0.39, 0.29) is 13.3 Å². The number of carbonyl (C=O) groups is 1. The summed E-state index contributed by atoms with van der Waals surface area (Å²) < 4.78 is 51.6. The van der Waals surface area contributed by atoms with Crippen LogP contribution in [0.1, 0.15) is 12.5 Å². The van der Waals surface area contributed by atoms with Gasteiger partial charge in [0.25, 0.3) is 0 Å². The number of halogens is 3. The summed E-state index contributed by atoms with van der Waals surface area (Å²) in [7, 11) is 1.36. The maximum absolute atomic E-state index is 12.3. The molecule has 0 aromatic heterocycles. The topological polar surface area (TPSA) is 48.0 Å². The molecule has 0 aliphatic carbocycles. The molecule has 2 rings (SSSR count). The highest BCUT2D eigenvalue weighted by Crippen LogP contribution is 2.32. The van der Waals surface area contributed by atoms with Crippen molar-refractivity contribution < 1.29 is 32.2 Å². The fraction of sp³-hybridized carbons (Fsp3) is 0.462. The summed E-state index contributed by atoms with van der Waals surface area (Å²) in [6.45, 7) is 1.01. The fourth-order valence-corrected chi connectivity index (χ4v) is 1.69. The molecule has 0 spiro atoms. The number of fused-ring (bicyclic) bond motifs is 1. The molecule has 1 unspecified atom stereocenters. The van der Waals surface area contributed by atoms with Crippen LogP contribution in [-0.2, 0) is 11.3 Å². The van der Waals surface area contributed by atoms with Crippen molar-refractivity contribution in [3.8, 4) is 11.5 Å². The minimum Gasteiger partial charge on any atom is -0.454 e. The van der Waals surface area contributed by atoms with E-state index in [4.69, 9.17) is 9.47 Å². The maximum atomic E-state index is 12.3. The van der Waals surface area contributed by atoms with Crippen molar-refractivity contribution in [1.82, 2.24) is 4.90 Å². The highest BCUT2D eigenvalue weighted by atomic mass is 19.4.